The summed E-state index contributed by atoms with van der Waals surface area (Å²) in [6.45, 7) is 6.05. The van der Waals surface area contributed by atoms with Gasteiger partial charge in [0.15, 0.2) is 0 Å². The minimum Gasteiger partial charge on any atom is -0.481 e. The lowest BCUT2D eigenvalue weighted by atomic mass is 9.87. The van der Waals surface area contributed by atoms with Crippen molar-refractivity contribution in [2.45, 2.75) is 20.4 Å². The van der Waals surface area contributed by atoms with Crippen LogP contribution in [-0.4, -0.2) is 46.5 Å². The van der Waals surface area contributed by atoms with Crippen LogP contribution in [0.15, 0.2) is 17.5 Å². The standard InChI is InChI=1S/C14H20N2O3S/c1-3-15(9-12-5-4-6-20-12)14(19)16-7-11(8-16)10(2)13(17)18/h4-6,10-11H,3,7-9H2,1-2H3,(H,17,18). The number of rotatable bonds is 5. The van der Waals surface area contributed by atoms with Gasteiger partial charge in [-0.3, -0.25) is 4.79 Å². The van der Waals surface area contributed by atoms with Crippen LogP contribution in [0, 0.1) is 11.8 Å². The van der Waals surface area contributed by atoms with E-state index in [0.29, 0.717) is 26.2 Å². The molecule has 1 aliphatic rings. The number of hydrogen-bond donors (Lipinski definition) is 1. The Kier molecular flexibility index (Phi) is 4.65. The summed E-state index contributed by atoms with van der Waals surface area (Å²) in [7, 11) is 0. The van der Waals surface area contributed by atoms with Crippen molar-refractivity contribution < 1.29 is 14.7 Å². The minimum atomic E-state index is -0.784. The van der Waals surface area contributed by atoms with Gasteiger partial charge in [0.25, 0.3) is 0 Å². The smallest absolute Gasteiger partial charge is 0.320 e. The molecule has 1 aliphatic heterocycles. The zero-order valence-electron chi connectivity index (χ0n) is 11.8. The van der Waals surface area contributed by atoms with Gasteiger partial charge >= 0.3 is 12.0 Å². The lowest BCUT2D eigenvalue weighted by molar-refractivity contribution is -0.144. The number of carbonyl (C=O) groups excluding carboxylic acids is 1. The number of thiophene rings is 1. The number of hydrogen-bond acceptors (Lipinski definition) is 3. The molecule has 1 N–H and O–H groups in total. The van der Waals surface area contributed by atoms with E-state index in [1.165, 1.54) is 0 Å². The maximum atomic E-state index is 12.3. The molecule has 0 radical (unpaired) electrons. The number of carbonyl (C=O) groups is 2. The van der Waals surface area contributed by atoms with Crippen molar-refractivity contribution in [3.05, 3.63) is 22.4 Å². The average molecular weight is 296 g/mol. The third-order valence-electron chi connectivity index (χ3n) is 3.86. The average Bonchev–Trinajstić information content (AvgIpc) is 2.86. The highest BCUT2D eigenvalue weighted by molar-refractivity contribution is 7.09. The van der Waals surface area contributed by atoms with E-state index in [9.17, 15) is 9.59 Å². The predicted octanol–water partition coefficient (Wildman–Crippen LogP) is 2.34. The van der Waals surface area contributed by atoms with Gasteiger partial charge in [-0.25, -0.2) is 4.79 Å². The molecule has 1 saturated heterocycles. The summed E-state index contributed by atoms with van der Waals surface area (Å²) < 4.78 is 0. The Hall–Kier alpha value is -1.56. The van der Waals surface area contributed by atoms with Gasteiger partial charge in [0.1, 0.15) is 0 Å². The Morgan fingerprint density at radius 1 is 1.55 bits per heavy atom. The summed E-state index contributed by atoms with van der Waals surface area (Å²) in [5.74, 6) is -1.09. The van der Waals surface area contributed by atoms with E-state index in [1.54, 1.807) is 28.1 Å². The number of urea groups is 1. The van der Waals surface area contributed by atoms with Crippen LogP contribution < -0.4 is 0 Å². The fourth-order valence-corrected chi connectivity index (χ4v) is 3.01. The van der Waals surface area contributed by atoms with Gasteiger partial charge in [0.05, 0.1) is 12.5 Å². The first-order valence-corrected chi connectivity index (χ1v) is 7.70. The van der Waals surface area contributed by atoms with Crippen molar-refractivity contribution in [2.24, 2.45) is 11.8 Å². The van der Waals surface area contributed by atoms with E-state index in [1.807, 2.05) is 24.4 Å². The molecule has 5 nitrogen and oxygen atoms in total. The lowest BCUT2D eigenvalue weighted by Gasteiger charge is -2.43. The second-order valence-corrected chi connectivity index (χ2v) is 6.20. The lowest BCUT2D eigenvalue weighted by Crippen LogP contribution is -2.57. The van der Waals surface area contributed by atoms with E-state index in [-0.39, 0.29) is 17.9 Å². The Morgan fingerprint density at radius 3 is 2.75 bits per heavy atom. The molecule has 0 saturated carbocycles. The number of carboxylic acid groups (broad SMARTS) is 1. The predicted molar refractivity (Wildman–Crippen MR) is 77.7 cm³/mol. The number of amides is 2. The molecule has 1 aromatic heterocycles. The molecule has 20 heavy (non-hydrogen) atoms. The summed E-state index contributed by atoms with van der Waals surface area (Å²) in [5, 5.41) is 11.0. The van der Waals surface area contributed by atoms with Gasteiger partial charge in [0, 0.05) is 30.4 Å². The van der Waals surface area contributed by atoms with E-state index in [4.69, 9.17) is 5.11 Å². The van der Waals surface area contributed by atoms with E-state index < -0.39 is 5.97 Å². The highest BCUT2D eigenvalue weighted by Crippen LogP contribution is 2.25. The first kappa shape index (κ1) is 14.8. The van der Waals surface area contributed by atoms with Crippen LogP contribution in [0.1, 0.15) is 18.7 Å². The Labute approximate surface area is 122 Å². The van der Waals surface area contributed by atoms with Gasteiger partial charge < -0.3 is 14.9 Å². The van der Waals surface area contributed by atoms with E-state index >= 15 is 0 Å². The van der Waals surface area contributed by atoms with Crippen molar-refractivity contribution in [1.82, 2.24) is 9.80 Å². The molecule has 2 amide bonds. The SMILES string of the molecule is CCN(Cc1cccs1)C(=O)N1CC(C(C)C(=O)O)C1. The first-order valence-electron chi connectivity index (χ1n) is 6.82. The third-order valence-corrected chi connectivity index (χ3v) is 4.72. The maximum absolute atomic E-state index is 12.3. The topological polar surface area (TPSA) is 60.9 Å². The van der Waals surface area contributed by atoms with Crippen molar-refractivity contribution >= 4 is 23.3 Å². The van der Waals surface area contributed by atoms with Crippen molar-refractivity contribution in [1.29, 1.82) is 0 Å². The summed E-state index contributed by atoms with van der Waals surface area (Å²) in [6.07, 6.45) is 0. The molecular weight excluding hydrogens is 276 g/mol. The fourth-order valence-electron chi connectivity index (χ4n) is 2.29. The molecule has 0 aliphatic carbocycles. The molecule has 1 fully saturated rings. The molecule has 2 rings (SSSR count). The highest BCUT2D eigenvalue weighted by atomic mass is 32.1. The van der Waals surface area contributed by atoms with Crippen LogP contribution in [-0.2, 0) is 11.3 Å². The summed E-state index contributed by atoms with van der Waals surface area (Å²) in [4.78, 5) is 27.9. The van der Waals surface area contributed by atoms with Crippen LogP contribution in [0.3, 0.4) is 0 Å². The molecule has 6 heteroatoms. The summed E-state index contributed by atoms with van der Waals surface area (Å²) >= 11 is 1.64. The van der Waals surface area contributed by atoms with Crippen molar-refractivity contribution in [2.75, 3.05) is 19.6 Å². The van der Waals surface area contributed by atoms with Crippen LogP contribution in [0.5, 0.6) is 0 Å². The van der Waals surface area contributed by atoms with Gasteiger partial charge in [-0.15, -0.1) is 11.3 Å². The Balaban J connectivity index is 1.87. The molecular formula is C14H20N2O3S. The van der Waals surface area contributed by atoms with Gasteiger partial charge in [-0.2, -0.15) is 0 Å². The Bertz CT molecular complexity index is 469. The van der Waals surface area contributed by atoms with Gasteiger partial charge in [-0.05, 0) is 18.4 Å². The van der Waals surface area contributed by atoms with Crippen LogP contribution >= 0.6 is 11.3 Å². The van der Waals surface area contributed by atoms with Crippen LogP contribution in [0.25, 0.3) is 0 Å². The monoisotopic (exact) mass is 296 g/mol. The van der Waals surface area contributed by atoms with Crippen molar-refractivity contribution in [3.63, 3.8) is 0 Å². The first-order chi connectivity index (χ1) is 9.52. The minimum absolute atomic E-state index is 0.00902. The van der Waals surface area contributed by atoms with Gasteiger partial charge in [-0.1, -0.05) is 13.0 Å². The molecule has 0 bridgehead atoms. The Morgan fingerprint density at radius 2 is 2.25 bits per heavy atom. The van der Waals surface area contributed by atoms with E-state index in [2.05, 4.69) is 0 Å². The maximum Gasteiger partial charge on any atom is 0.320 e. The van der Waals surface area contributed by atoms with Crippen LogP contribution in [0.4, 0.5) is 4.79 Å². The van der Waals surface area contributed by atoms with Crippen LogP contribution in [0.2, 0.25) is 0 Å². The quantitative estimate of drug-likeness (QED) is 0.907. The largest absolute Gasteiger partial charge is 0.481 e. The van der Waals surface area contributed by atoms with Gasteiger partial charge in [0.2, 0.25) is 0 Å². The summed E-state index contributed by atoms with van der Waals surface area (Å²) in [5.41, 5.74) is 0. The number of likely N-dealkylation sites (tertiary alicyclic amines) is 1. The zero-order chi connectivity index (χ0) is 14.7. The second-order valence-electron chi connectivity index (χ2n) is 5.17. The summed E-state index contributed by atoms with van der Waals surface area (Å²) in [6, 6.07) is 4.01. The molecule has 0 aromatic carbocycles. The number of carboxylic acids is 1. The fraction of sp³-hybridized carbons (Fsp3) is 0.571. The molecule has 0 spiro atoms. The molecule has 1 unspecified atom stereocenters. The normalized spacial score (nSPS) is 16.6. The molecule has 1 aromatic rings. The highest BCUT2D eigenvalue weighted by Gasteiger charge is 2.38. The zero-order valence-corrected chi connectivity index (χ0v) is 12.6. The number of aliphatic carboxylic acids is 1. The third kappa shape index (κ3) is 3.12. The van der Waals surface area contributed by atoms with E-state index in [0.717, 1.165) is 4.88 Å². The second kappa shape index (κ2) is 6.26. The molecule has 2 heterocycles. The molecule has 1 atom stereocenters. The molecule has 110 valence electrons. The number of nitrogens with zero attached hydrogens (tertiary/aromatic N) is 2. The van der Waals surface area contributed by atoms with Crippen molar-refractivity contribution in [3.8, 4) is 0 Å².